The van der Waals surface area contributed by atoms with E-state index in [1.807, 2.05) is 0 Å². The van der Waals surface area contributed by atoms with Crippen molar-refractivity contribution < 1.29 is 0 Å². The summed E-state index contributed by atoms with van der Waals surface area (Å²) >= 11 is 3.73. The van der Waals surface area contributed by atoms with Crippen molar-refractivity contribution in [3.63, 3.8) is 0 Å². The van der Waals surface area contributed by atoms with Crippen LogP contribution in [0.5, 0.6) is 0 Å². The van der Waals surface area contributed by atoms with Crippen molar-refractivity contribution in [1.82, 2.24) is 9.80 Å². The lowest BCUT2D eigenvalue weighted by Gasteiger charge is -2.34. The van der Waals surface area contributed by atoms with Gasteiger partial charge in [0.05, 0.1) is 0 Å². The molecule has 108 valence electrons. The smallest absolute Gasteiger partial charge is 0.0235 e. The summed E-state index contributed by atoms with van der Waals surface area (Å²) in [4.78, 5) is 5.31. The Morgan fingerprint density at radius 1 is 1.17 bits per heavy atom. The van der Waals surface area contributed by atoms with Gasteiger partial charge in [0, 0.05) is 24.5 Å². The molecule has 0 aromatic carbocycles. The zero-order valence-electron chi connectivity index (χ0n) is 12.7. The van der Waals surface area contributed by atoms with Gasteiger partial charge < -0.3 is 4.90 Å². The number of rotatable bonds is 8. The van der Waals surface area contributed by atoms with Gasteiger partial charge >= 0.3 is 0 Å². The molecule has 0 aliphatic carbocycles. The number of nitrogens with zero attached hydrogens (tertiary/aromatic N) is 2. The Morgan fingerprint density at radius 2 is 1.78 bits per heavy atom. The van der Waals surface area contributed by atoms with Gasteiger partial charge in [-0.25, -0.2) is 0 Å². The molecular weight excluding hydrogens is 288 g/mol. The molecule has 1 fully saturated rings. The summed E-state index contributed by atoms with van der Waals surface area (Å²) in [6, 6.07) is 0.793. The summed E-state index contributed by atoms with van der Waals surface area (Å²) in [6.07, 6.45) is 3.91. The molecule has 0 radical (unpaired) electrons. The van der Waals surface area contributed by atoms with Crippen LogP contribution in [-0.4, -0.2) is 53.9 Å². The van der Waals surface area contributed by atoms with Crippen molar-refractivity contribution in [3.8, 4) is 0 Å². The van der Waals surface area contributed by atoms with E-state index in [2.05, 4.69) is 53.4 Å². The third kappa shape index (κ3) is 3.94. The van der Waals surface area contributed by atoms with E-state index in [1.165, 1.54) is 52.0 Å². The molecule has 0 saturated carbocycles. The third-order valence-electron chi connectivity index (χ3n) is 4.92. The maximum atomic E-state index is 3.73. The molecule has 1 heterocycles. The van der Waals surface area contributed by atoms with Gasteiger partial charge in [0.1, 0.15) is 0 Å². The van der Waals surface area contributed by atoms with Crippen LogP contribution >= 0.6 is 15.9 Å². The van der Waals surface area contributed by atoms with Crippen molar-refractivity contribution in [2.75, 3.05) is 38.1 Å². The van der Waals surface area contributed by atoms with Crippen LogP contribution in [0.3, 0.4) is 0 Å². The first kappa shape index (κ1) is 16.5. The minimum atomic E-state index is 0.484. The fourth-order valence-corrected chi connectivity index (χ4v) is 4.14. The number of alkyl halides is 1. The molecule has 1 saturated heterocycles. The van der Waals surface area contributed by atoms with Gasteiger partial charge in [0.25, 0.3) is 0 Å². The fourth-order valence-electron chi connectivity index (χ4n) is 3.17. The highest BCUT2D eigenvalue weighted by Gasteiger charge is 2.32. The summed E-state index contributed by atoms with van der Waals surface area (Å²) in [6.45, 7) is 15.5. The van der Waals surface area contributed by atoms with Gasteiger partial charge in [-0.1, -0.05) is 43.6 Å². The Hall–Kier alpha value is 0.400. The second-order valence-corrected chi connectivity index (χ2v) is 6.30. The number of likely N-dealkylation sites (tertiary alicyclic amines) is 1. The lowest BCUT2D eigenvalue weighted by molar-refractivity contribution is 0.163. The summed E-state index contributed by atoms with van der Waals surface area (Å²) in [5, 5.41) is 1.14. The highest BCUT2D eigenvalue weighted by atomic mass is 79.9. The molecule has 0 aromatic rings. The number of halogens is 1. The van der Waals surface area contributed by atoms with Crippen LogP contribution in [0.4, 0.5) is 0 Å². The van der Waals surface area contributed by atoms with Crippen LogP contribution in [0, 0.1) is 5.41 Å². The van der Waals surface area contributed by atoms with E-state index in [4.69, 9.17) is 0 Å². The van der Waals surface area contributed by atoms with Gasteiger partial charge in [0.15, 0.2) is 0 Å². The van der Waals surface area contributed by atoms with E-state index in [9.17, 15) is 0 Å². The summed E-state index contributed by atoms with van der Waals surface area (Å²) in [7, 11) is 0. The molecule has 0 N–H and O–H groups in total. The van der Waals surface area contributed by atoms with Gasteiger partial charge in [-0.2, -0.15) is 0 Å². The van der Waals surface area contributed by atoms with E-state index in [-0.39, 0.29) is 0 Å². The standard InChI is InChI=1S/C15H31BrN2/c1-5-15(6-2,12-16)13-17-10-9-14(11-17)18(7-3)8-4/h14H,5-13H2,1-4H3. The van der Waals surface area contributed by atoms with Crippen LogP contribution in [0.1, 0.15) is 47.0 Å². The third-order valence-corrected chi connectivity index (χ3v) is 6.11. The van der Waals surface area contributed by atoms with E-state index in [0.717, 1.165) is 11.4 Å². The molecule has 1 unspecified atom stereocenters. The monoisotopic (exact) mass is 318 g/mol. The van der Waals surface area contributed by atoms with Crippen LogP contribution in [0.25, 0.3) is 0 Å². The van der Waals surface area contributed by atoms with Gasteiger partial charge in [0.2, 0.25) is 0 Å². The molecule has 0 spiro atoms. The predicted octanol–water partition coefficient (Wildman–Crippen LogP) is 3.60. The van der Waals surface area contributed by atoms with Crippen molar-refractivity contribution in [3.05, 3.63) is 0 Å². The molecule has 18 heavy (non-hydrogen) atoms. The molecular formula is C15H31BrN2. The zero-order valence-corrected chi connectivity index (χ0v) is 14.3. The lowest BCUT2D eigenvalue weighted by atomic mass is 9.84. The van der Waals surface area contributed by atoms with Crippen molar-refractivity contribution >= 4 is 15.9 Å². The number of hydrogen-bond acceptors (Lipinski definition) is 2. The molecule has 0 bridgehead atoms. The molecule has 0 amide bonds. The SMILES string of the molecule is CCN(CC)C1CCN(CC(CC)(CC)CBr)C1. The summed E-state index contributed by atoms with van der Waals surface area (Å²) in [5.41, 5.74) is 0.484. The quantitative estimate of drug-likeness (QED) is 0.631. The average molecular weight is 319 g/mol. The lowest BCUT2D eigenvalue weighted by Crippen LogP contribution is -2.41. The average Bonchev–Trinajstić information content (AvgIpc) is 2.86. The maximum absolute atomic E-state index is 3.73. The molecule has 1 rings (SSSR count). The molecule has 1 aliphatic rings. The highest BCUT2D eigenvalue weighted by Crippen LogP contribution is 2.31. The number of hydrogen-bond donors (Lipinski definition) is 0. The Kier molecular flexibility index (Phi) is 7.19. The van der Waals surface area contributed by atoms with Crippen molar-refractivity contribution in [2.45, 2.75) is 53.0 Å². The topological polar surface area (TPSA) is 6.48 Å². The zero-order chi connectivity index (χ0) is 13.6. The maximum Gasteiger partial charge on any atom is 0.0235 e. The fraction of sp³-hybridized carbons (Fsp3) is 1.00. The van der Waals surface area contributed by atoms with E-state index in [1.54, 1.807) is 0 Å². The van der Waals surface area contributed by atoms with Crippen LogP contribution in [0.2, 0.25) is 0 Å². The van der Waals surface area contributed by atoms with Gasteiger partial charge in [-0.05, 0) is 44.3 Å². The first-order valence-corrected chi connectivity index (χ1v) is 8.79. The highest BCUT2D eigenvalue weighted by molar-refractivity contribution is 9.09. The Bertz CT molecular complexity index is 216. The van der Waals surface area contributed by atoms with Crippen LogP contribution < -0.4 is 0 Å². The van der Waals surface area contributed by atoms with E-state index in [0.29, 0.717) is 5.41 Å². The van der Waals surface area contributed by atoms with Crippen LogP contribution in [0.15, 0.2) is 0 Å². The second-order valence-electron chi connectivity index (χ2n) is 5.74. The minimum absolute atomic E-state index is 0.484. The largest absolute Gasteiger partial charge is 0.301 e. The Morgan fingerprint density at radius 3 is 2.22 bits per heavy atom. The Labute approximate surface area is 122 Å². The normalized spacial score (nSPS) is 22.0. The summed E-state index contributed by atoms with van der Waals surface area (Å²) < 4.78 is 0. The Balaban J connectivity index is 2.51. The molecule has 1 atom stereocenters. The summed E-state index contributed by atoms with van der Waals surface area (Å²) in [5.74, 6) is 0. The predicted molar refractivity (Wildman–Crippen MR) is 84.6 cm³/mol. The van der Waals surface area contributed by atoms with E-state index >= 15 is 0 Å². The first-order chi connectivity index (χ1) is 8.64. The number of likely N-dealkylation sites (N-methyl/N-ethyl adjacent to an activating group) is 1. The second kappa shape index (κ2) is 7.86. The minimum Gasteiger partial charge on any atom is -0.301 e. The molecule has 2 nitrogen and oxygen atoms in total. The molecule has 1 aliphatic heterocycles. The first-order valence-electron chi connectivity index (χ1n) is 7.67. The van der Waals surface area contributed by atoms with Gasteiger partial charge in [-0.3, -0.25) is 4.90 Å². The van der Waals surface area contributed by atoms with Crippen molar-refractivity contribution in [1.29, 1.82) is 0 Å². The van der Waals surface area contributed by atoms with E-state index < -0.39 is 0 Å². The van der Waals surface area contributed by atoms with Crippen LogP contribution in [-0.2, 0) is 0 Å². The molecule has 3 heteroatoms. The molecule has 0 aromatic heterocycles. The van der Waals surface area contributed by atoms with Crippen molar-refractivity contribution in [2.24, 2.45) is 5.41 Å². The van der Waals surface area contributed by atoms with Gasteiger partial charge in [-0.15, -0.1) is 0 Å².